The maximum atomic E-state index is 13.5. The van der Waals surface area contributed by atoms with E-state index in [0.29, 0.717) is 5.56 Å². The van der Waals surface area contributed by atoms with Crippen LogP contribution >= 0.6 is 0 Å². The van der Waals surface area contributed by atoms with Crippen LogP contribution in [0.3, 0.4) is 0 Å². The first-order valence-electron chi connectivity index (χ1n) is 11.7. The van der Waals surface area contributed by atoms with Crippen LogP contribution < -0.4 is 5.32 Å². The van der Waals surface area contributed by atoms with Crippen LogP contribution in [0.15, 0.2) is 42.5 Å². The summed E-state index contributed by atoms with van der Waals surface area (Å²) in [5, 5.41) is 13.4. The van der Waals surface area contributed by atoms with E-state index in [1.165, 1.54) is 11.8 Å². The molecule has 0 aliphatic carbocycles. The minimum atomic E-state index is -4.58. The van der Waals surface area contributed by atoms with Crippen LogP contribution in [0.1, 0.15) is 57.5 Å². The zero-order valence-corrected chi connectivity index (χ0v) is 21.1. The van der Waals surface area contributed by atoms with E-state index in [1.807, 2.05) is 20.8 Å². The number of carboxylic acids is 1. The number of aromatic nitrogens is 1. The molecule has 0 bridgehead atoms. The van der Waals surface area contributed by atoms with Gasteiger partial charge in [-0.15, -0.1) is 0 Å². The van der Waals surface area contributed by atoms with Gasteiger partial charge in [-0.05, 0) is 43.9 Å². The molecule has 0 spiro atoms. The first-order valence-corrected chi connectivity index (χ1v) is 11.7. The van der Waals surface area contributed by atoms with Crippen LogP contribution in [0.2, 0.25) is 0 Å². The van der Waals surface area contributed by atoms with Gasteiger partial charge in [0.2, 0.25) is 0 Å². The van der Waals surface area contributed by atoms with Crippen LogP contribution in [0, 0.1) is 18.3 Å². The second kappa shape index (κ2) is 9.99. The SMILES string of the molecule is Cc1cc(C(F)(F)F)cc(N[C@@H]2[C@@H](C(C)(C)C)[C@H](C(=O)O)N(C(=O)OC(C)C)[C@@H]2c2ccccc2)n1. The lowest BCUT2D eigenvalue weighted by Crippen LogP contribution is -2.47. The highest BCUT2D eigenvalue weighted by molar-refractivity contribution is 5.82. The van der Waals surface area contributed by atoms with Crippen LogP contribution in [0.4, 0.5) is 23.8 Å². The summed E-state index contributed by atoms with van der Waals surface area (Å²) in [5.74, 6) is -1.99. The van der Waals surface area contributed by atoms with Gasteiger partial charge < -0.3 is 15.2 Å². The number of hydrogen-bond acceptors (Lipinski definition) is 5. The Labute approximate surface area is 208 Å². The first kappa shape index (κ1) is 27.3. The van der Waals surface area contributed by atoms with E-state index >= 15 is 0 Å². The second-order valence-corrected chi connectivity index (χ2v) is 10.4. The van der Waals surface area contributed by atoms with E-state index in [-0.39, 0.29) is 11.5 Å². The lowest BCUT2D eigenvalue weighted by atomic mass is 9.72. The molecular weight excluding hydrogens is 475 g/mol. The number of aliphatic carboxylic acids is 1. The van der Waals surface area contributed by atoms with E-state index in [4.69, 9.17) is 4.74 Å². The molecule has 1 aromatic heterocycles. The number of aryl methyl sites for hydroxylation is 1. The number of halogens is 3. The highest BCUT2D eigenvalue weighted by Gasteiger charge is 2.59. The summed E-state index contributed by atoms with van der Waals surface area (Å²) < 4.78 is 46.0. The standard InChI is InChI=1S/C26H32F3N3O4/c1-14(2)36-24(35)32-21(16-10-8-7-9-11-16)20(19(25(4,5)6)22(32)23(33)34)31-18-13-17(26(27,28)29)12-15(3)30-18/h7-14,19-22H,1-6H3,(H,30,31)(H,33,34)/t19-,20-,21-,22-/m1/s1. The van der Waals surface area contributed by atoms with Crippen molar-refractivity contribution in [1.29, 1.82) is 0 Å². The van der Waals surface area contributed by atoms with Gasteiger partial charge in [0.05, 0.1) is 23.8 Å². The molecule has 10 heteroatoms. The van der Waals surface area contributed by atoms with Gasteiger partial charge in [-0.3, -0.25) is 4.90 Å². The largest absolute Gasteiger partial charge is 0.480 e. The Morgan fingerprint density at radius 3 is 2.22 bits per heavy atom. The number of carbonyl (C=O) groups excluding carboxylic acids is 1. The summed E-state index contributed by atoms with van der Waals surface area (Å²) in [7, 11) is 0. The van der Waals surface area contributed by atoms with Gasteiger partial charge in [-0.25, -0.2) is 14.6 Å². The zero-order chi connectivity index (χ0) is 27.0. The molecule has 1 aliphatic heterocycles. The number of ether oxygens (including phenoxy) is 1. The van der Waals surface area contributed by atoms with Crippen LogP contribution in [0.25, 0.3) is 0 Å². The van der Waals surface area contributed by atoms with Crippen molar-refractivity contribution in [2.75, 3.05) is 5.32 Å². The van der Waals surface area contributed by atoms with Crippen LogP contribution in [-0.4, -0.2) is 45.2 Å². The summed E-state index contributed by atoms with van der Waals surface area (Å²) in [5.41, 5.74) is -0.765. The van der Waals surface area contributed by atoms with Gasteiger partial charge in [0.25, 0.3) is 0 Å². The van der Waals surface area contributed by atoms with Crippen molar-refractivity contribution in [3.8, 4) is 0 Å². The molecule has 36 heavy (non-hydrogen) atoms. The Morgan fingerprint density at radius 1 is 1.11 bits per heavy atom. The maximum Gasteiger partial charge on any atom is 0.416 e. The molecule has 0 unspecified atom stereocenters. The summed E-state index contributed by atoms with van der Waals surface area (Å²) in [6, 6.07) is 7.71. The third-order valence-electron chi connectivity index (χ3n) is 6.20. The van der Waals surface area contributed by atoms with Gasteiger partial charge in [0.1, 0.15) is 11.9 Å². The molecular formula is C26H32F3N3O4. The predicted octanol–water partition coefficient (Wildman–Crippen LogP) is 5.91. The number of nitrogens with zero attached hydrogens (tertiary/aromatic N) is 2. The highest BCUT2D eigenvalue weighted by atomic mass is 19.4. The highest BCUT2D eigenvalue weighted by Crippen LogP contribution is 2.49. The van der Waals surface area contributed by atoms with E-state index in [0.717, 1.165) is 12.1 Å². The molecule has 2 N–H and O–H groups in total. The van der Waals surface area contributed by atoms with Gasteiger partial charge in [-0.1, -0.05) is 51.1 Å². The summed E-state index contributed by atoms with van der Waals surface area (Å²) in [6.07, 6.45) is -5.90. The summed E-state index contributed by atoms with van der Waals surface area (Å²) in [4.78, 5) is 31.4. The van der Waals surface area contributed by atoms with Crippen molar-refractivity contribution < 1.29 is 32.6 Å². The van der Waals surface area contributed by atoms with Gasteiger partial charge >= 0.3 is 18.2 Å². The van der Waals surface area contributed by atoms with Crippen LogP contribution in [-0.2, 0) is 15.7 Å². The molecule has 4 atom stereocenters. The normalized spacial score (nSPS) is 22.6. The van der Waals surface area contributed by atoms with Crippen molar-refractivity contribution in [2.24, 2.45) is 11.3 Å². The molecule has 2 heterocycles. The lowest BCUT2D eigenvalue weighted by Gasteiger charge is -2.35. The Morgan fingerprint density at radius 2 is 1.72 bits per heavy atom. The molecule has 7 nitrogen and oxygen atoms in total. The maximum absolute atomic E-state index is 13.5. The first-order chi connectivity index (χ1) is 16.6. The third kappa shape index (κ3) is 5.74. The number of nitrogens with one attached hydrogen (secondary N) is 1. The lowest BCUT2D eigenvalue weighted by molar-refractivity contribution is -0.144. The minimum Gasteiger partial charge on any atom is -0.480 e. The van der Waals surface area contributed by atoms with Gasteiger partial charge in [0.15, 0.2) is 0 Å². The molecule has 0 radical (unpaired) electrons. The molecule has 3 rings (SSSR count). The van der Waals surface area contributed by atoms with Crippen molar-refractivity contribution in [3.63, 3.8) is 0 Å². The number of benzene rings is 1. The van der Waals surface area contributed by atoms with E-state index in [2.05, 4.69) is 10.3 Å². The predicted molar refractivity (Wildman–Crippen MR) is 128 cm³/mol. The van der Waals surface area contributed by atoms with Crippen molar-refractivity contribution in [3.05, 3.63) is 59.3 Å². The third-order valence-corrected chi connectivity index (χ3v) is 6.20. The fourth-order valence-corrected chi connectivity index (χ4v) is 4.95. The molecule has 1 aromatic carbocycles. The monoisotopic (exact) mass is 507 g/mol. The number of anilines is 1. The van der Waals surface area contributed by atoms with E-state index in [1.54, 1.807) is 44.2 Å². The van der Waals surface area contributed by atoms with E-state index in [9.17, 15) is 27.9 Å². The summed E-state index contributed by atoms with van der Waals surface area (Å²) in [6.45, 7) is 10.3. The smallest absolute Gasteiger partial charge is 0.416 e. The van der Waals surface area contributed by atoms with E-state index < -0.39 is 59.4 Å². The number of likely N-dealkylation sites (tertiary alicyclic amines) is 1. The number of alkyl halides is 3. The number of pyridine rings is 1. The number of carbonyl (C=O) groups is 2. The summed E-state index contributed by atoms with van der Waals surface area (Å²) >= 11 is 0. The molecule has 196 valence electrons. The van der Waals surface area contributed by atoms with Gasteiger partial charge in [-0.2, -0.15) is 13.2 Å². The second-order valence-electron chi connectivity index (χ2n) is 10.4. The Kier molecular flexibility index (Phi) is 7.57. The number of amides is 1. The fourth-order valence-electron chi connectivity index (χ4n) is 4.95. The average molecular weight is 508 g/mol. The average Bonchev–Trinajstić information content (AvgIpc) is 3.08. The molecule has 1 saturated heterocycles. The fraction of sp³-hybridized carbons (Fsp3) is 0.500. The number of carboxylic acid groups (broad SMARTS) is 1. The van der Waals surface area contributed by atoms with Crippen molar-refractivity contribution >= 4 is 17.9 Å². The quantitative estimate of drug-likeness (QED) is 0.523. The number of rotatable bonds is 5. The number of hydrogen-bond donors (Lipinski definition) is 2. The minimum absolute atomic E-state index is 0.0503. The molecule has 1 amide bonds. The zero-order valence-electron chi connectivity index (χ0n) is 21.1. The molecule has 1 fully saturated rings. The Hall–Kier alpha value is -3.30. The Balaban J connectivity index is 2.23. The van der Waals surface area contributed by atoms with Gasteiger partial charge in [0, 0.05) is 11.6 Å². The van der Waals surface area contributed by atoms with Crippen molar-refractivity contribution in [1.82, 2.24) is 9.88 Å². The molecule has 0 saturated carbocycles. The topological polar surface area (TPSA) is 91.8 Å². The Bertz CT molecular complexity index is 1100. The molecule has 2 aromatic rings. The van der Waals surface area contributed by atoms with Crippen LogP contribution in [0.5, 0.6) is 0 Å². The van der Waals surface area contributed by atoms with Crippen molar-refractivity contribution in [2.45, 2.75) is 71.9 Å². The molecule has 1 aliphatic rings.